The summed E-state index contributed by atoms with van der Waals surface area (Å²) in [5, 5.41) is 2.68. The van der Waals surface area contributed by atoms with Gasteiger partial charge in [0.25, 0.3) is 5.91 Å². The summed E-state index contributed by atoms with van der Waals surface area (Å²) in [5.74, 6) is -0.243. The van der Waals surface area contributed by atoms with Crippen LogP contribution in [0.1, 0.15) is 40.7 Å². The summed E-state index contributed by atoms with van der Waals surface area (Å²) in [6, 6.07) is 11.4. The fourth-order valence-corrected chi connectivity index (χ4v) is 2.97. The molecule has 1 N–H and O–H groups in total. The number of nitrogens with one attached hydrogen (secondary N) is 1. The molecule has 0 spiro atoms. The summed E-state index contributed by atoms with van der Waals surface area (Å²) in [6.07, 6.45) is -1.98. The molecule has 0 radical (unpaired) electrons. The molecule has 7 heteroatoms. The number of carbonyl (C=O) groups is 2. The van der Waals surface area contributed by atoms with Gasteiger partial charge in [0.2, 0.25) is 5.91 Å². The Morgan fingerprint density at radius 1 is 1.00 bits per heavy atom. The van der Waals surface area contributed by atoms with Crippen LogP contribution in [0.3, 0.4) is 0 Å². The number of piperidine rings is 1. The Morgan fingerprint density at radius 2 is 1.67 bits per heavy atom. The van der Waals surface area contributed by atoms with Gasteiger partial charge in [-0.15, -0.1) is 0 Å². The van der Waals surface area contributed by atoms with E-state index >= 15 is 0 Å². The molecule has 1 aliphatic rings. The number of halogens is 3. The van der Waals surface area contributed by atoms with Crippen molar-refractivity contribution in [2.24, 2.45) is 0 Å². The van der Waals surface area contributed by atoms with Crippen LogP contribution in [0.25, 0.3) is 0 Å². The standard InChI is InChI=1S/C20H19F3N2O2/c21-20(22,23)16-8-4-14(5-9-16)13-24-19(27)15-6-10-17(11-7-15)25-12-2-1-3-18(25)26/h4-11H,1-3,12-13H2,(H,24,27). The van der Waals surface area contributed by atoms with Crippen molar-refractivity contribution in [2.45, 2.75) is 32.0 Å². The minimum Gasteiger partial charge on any atom is -0.348 e. The molecule has 1 fully saturated rings. The van der Waals surface area contributed by atoms with Crippen molar-refractivity contribution in [3.05, 3.63) is 65.2 Å². The van der Waals surface area contributed by atoms with Gasteiger partial charge in [-0.1, -0.05) is 12.1 Å². The van der Waals surface area contributed by atoms with Gasteiger partial charge in [0, 0.05) is 30.8 Å². The Morgan fingerprint density at radius 3 is 2.26 bits per heavy atom. The van der Waals surface area contributed by atoms with Crippen LogP contribution >= 0.6 is 0 Å². The first-order chi connectivity index (χ1) is 12.8. The maximum atomic E-state index is 12.6. The first kappa shape index (κ1) is 18.9. The fraction of sp³-hybridized carbons (Fsp3) is 0.300. The molecular weight excluding hydrogens is 357 g/mol. The second-order valence-corrected chi connectivity index (χ2v) is 6.43. The molecule has 1 saturated heterocycles. The summed E-state index contributed by atoms with van der Waals surface area (Å²) in [4.78, 5) is 25.9. The first-order valence-electron chi connectivity index (χ1n) is 8.69. The normalized spacial score (nSPS) is 14.9. The van der Waals surface area contributed by atoms with Crippen LogP contribution in [0.15, 0.2) is 48.5 Å². The van der Waals surface area contributed by atoms with E-state index in [4.69, 9.17) is 0 Å². The van der Waals surface area contributed by atoms with E-state index in [1.54, 1.807) is 29.2 Å². The number of anilines is 1. The molecule has 0 atom stereocenters. The van der Waals surface area contributed by atoms with Gasteiger partial charge in [-0.25, -0.2) is 0 Å². The Labute approximate surface area is 155 Å². The van der Waals surface area contributed by atoms with Crippen LogP contribution in [-0.2, 0) is 17.5 Å². The first-order valence-corrected chi connectivity index (χ1v) is 8.69. The van der Waals surface area contributed by atoms with Crippen LogP contribution in [-0.4, -0.2) is 18.4 Å². The number of hydrogen-bond acceptors (Lipinski definition) is 2. The van der Waals surface area contributed by atoms with Gasteiger partial charge in [0.1, 0.15) is 0 Å². The number of rotatable bonds is 4. The third kappa shape index (κ3) is 4.67. The van der Waals surface area contributed by atoms with Crippen LogP contribution in [0.4, 0.5) is 18.9 Å². The Bertz CT molecular complexity index is 815. The maximum absolute atomic E-state index is 12.6. The summed E-state index contributed by atoms with van der Waals surface area (Å²) in [7, 11) is 0. The van der Waals surface area contributed by atoms with Gasteiger partial charge in [0.05, 0.1) is 5.56 Å². The summed E-state index contributed by atoms with van der Waals surface area (Å²) >= 11 is 0. The summed E-state index contributed by atoms with van der Waals surface area (Å²) in [5.41, 5.74) is 1.04. The number of benzene rings is 2. The van der Waals surface area contributed by atoms with Crippen LogP contribution in [0.2, 0.25) is 0 Å². The molecule has 3 rings (SSSR count). The third-order valence-corrected chi connectivity index (χ3v) is 4.50. The van der Waals surface area contributed by atoms with E-state index in [0.717, 1.165) is 30.7 Å². The van der Waals surface area contributed by atoms with Gasteiger partial charge >= 0.3 is 6.18 Å². The molecule has 142 valence electrons. The van der Waals surface area contributed by atoms with Crippen molar-refractivity contribution in [1.29, 1.82) is 0 Å². The number of carbonyl (C=O) groups excluding carboxylic acids is 2. The van der Waals surface area contributed by atoms with E-state index in [9.17, 15) is 22.8 Å². The van der Waals surface area contributed by atoms with Gasteiger partial charge in [0.15, 0.2) is 0 Å². The highest BCUT2D eigenvalue weighted by Crippen LogP contribution is 2.29. The van der Waals surface area contributed by atoms with Gasteiger partial charge in [-0.2, -0.15) is 13.2 Å². The van der Waals surface area contributed by atoms with Gasteiger partial charge in [-0.3, -0.25) is 9.59 Å². The summed E-state index contributed by atoms with van der Waals surface area (Å²) < 4.78 is 37.7. The minimum absolute atomic E-state index is 0.0840. The smallest absolute Gasteiger partial charge is 0.348 e. The van der Waals surface area contributed by atoms with E-state index in [1.165, 1.54) is 12.1 Å². The van der Waals surface area contributed by atoms with Crippen LogP contribution < -0.4 is 10.2 Å². The SMILES string of the molecule is O=C(NCc1ccc(C(F)(F)F)cc1)c1ccc(N2CCCCC2=O)cc1. The van der Waals surface area contributed by atoms with Crippen molar-refractivity contribution in [2.75, 3.05) is 11.4 Å². The fourth-order valence-electron chi connectivity index (χ4n) is 2.97. The van der Waals surface area contributed by atoms with Crippen molar-refractivity contribution in [3.63, 3.8) is 0 Å². The Balaban J connectivity index is 1.59. The molecule has 0 saturated carbocycles. The van der Waals surface area contributed by atoms with Crippen LogP contribution in [0, 0.1) is 0 Å². The molecular formula is C20H19F3N2O2. The molecule has 2 amide bonds. The molecule has 0 unspecified atom stereocenters. The minimum atomic E-state index is -4.38. The third-order valence-electron chi connectivity index (χ3n) is 4.50. The highest BCUT2D eigenvalue weighted by molar-refractivity contribution is 5.96. The van der Waals surface area contributed by atoms with Crippen molar-refractivity contribution < 1.29 is 22.8 Å². The summed E-state index contributed by atoms with van der Waals surface area (Å²) in [6.45, 7) is 0.807. The topological polar surface area (TPSA) is 49.4 Å². The average Bonchev–Trinajstić information content (AvgIpc) is 2.66. The number of nitrogens with zero attached hydrogens (tertiary/aromatic N) is 1. The monoisotopic (exact) mass is 376 g/mol. The van der Waals surface area contributed by atoms with E-state index in [0.29, 0.717) is 24.1 Å². The molecule has 27 heavy (non-hydrogen) atoms. The largest absolute Gasteiger partial charge is 0.416 e. The second kappa shape index (κ2) is 7.82. The molecule has 4 nitrogen and oxygen atoms in total. The molecule has 0 bridgehead atoms. The van der Waals surface area contributed by atoms with E-state index in [1.807, 2.05) is 0 Å². The molecule has 2 aromatic rings. The maximum Gasteiger partial charge on any atom is 0.416 e. The molecule has 0 aromatic heterocycles. The number of hydrogen-bond donors (Lipinski definition) is 1. The second-order valence-electron chi connectivity index (χ2n) is 6.43. The lowest BCUT2D eigenvalue weighted by Gasteiger charge is -2.26. The van der Waals surface area contributed by atoms with Crippen molar-refractivity contribution >= 4 is 17.5 Å². The predicted molar refractivity (Wildman–Crippen MR) is 95.3 cm³/mol. The highest BCUT2D eigenvalue weighted by atomic mass is 19.4. The molecule has 2 aromatic carbocycles. The lowest BCUT2D eigenvalue weighted by Crippen LogP contribution is -2.35. The van der Waals surface area contributed by atoms with E-state index in [-0.39, 0.29) is 18.4 Å². The van der Waals surface area contributed by atoms with Crippen molar-refractivity contribution in [1.82, 2.24) is 5.32 Å². The Kier molecular flexibility index (Phi) is 5.48. The van der Waals surface area contributed by atoms with E-state index < -0.39 is 11.7 Å². The van der Waals surface area contributed by atoms with Gasteiger partial charge < -0.3 is 10.2 Å². The zero-order valence-corrected chi connectivity index (χ0v) is 14.6. The molecule has 0 aliphatic carbocycles. The van der Waals surface area contributed by atoms with Gasteiger partial charge in [-0.05, 0) is 54.8 Å². The lowest BCUT2D eigenvalue weighted by atomic mass is 10.1. The zero-order valence-electron chi connectivity index (χ0n) is 14.6. The van der Waals surface area contributed by atoms with Crippen molar-refractivity contribution in [3.8, 4) is 0 Å². The van der Waals surface area contributed by atoms with Crippen LogP contribution in [0.5, 0.6) is 0 Å². The molecule has 1 aliphatic heterocycles. The Hall–Kier alpha value is -2.83. The highest BCUT2D eigenvalue weighted by Gasteiger charge is 2.29. The average molecular weight is 376 g/mol. The quantitative estimate of drug-likeness (QED) is 0.871. The van der Waals surface area contributed by atoms with E-state index in [2.05, 4.69) is 5.32 Å². The predicted octanol–water partition coefficient (Wildman–Crippen LogP) is 4.15. The molecule has 1 heterocycles. The zero-order chi connectivity index (χ0) is 19.4. The number of alkyl halides is 3. The lowest BCUT2D eigenvalue weighted by molar-refractivity contribution is -0.137. The number of amides is 2.